The second-order valence-corrected chi connectivity index (χ2v) is 8.84. The van der Waals surface area contributed by atoms with E-state index in [-0.39, 0.29) is 24.0 Å². The Morgan fingerprint density at radius 1 is 1.32 bits per heavy atom. The van der Waals surface area contributed by atoms with Crippen LogP contribution in [-0.2, 0) is 6.54 Å². The molecule has 0 bridgehead atoms. The van der Waals surface area contributed by atoms with Gasteiger partial charge in [0.1, 0.15) is 5.76 Å². The van der Waals surface area contributed by atoms with Crippen LogP contribution in [0, 0.1) is 13.8 Å². The Bertz CT molecular complexity index is 766. The molecule has 0 amide bonds. The number of nitrogens with zero attached hydrogens (tertiary/aromatic N) is 4. The van der Waals surface area contributed by atoms with Crippen molar-refractivity contribution in [2.75, 3.05) is 39.8 Å². The quantitative estimate of drug-likeness (QED) is 0.353. The molecule has 0 spiro atoms. The third kappa shape index (κ3) is 5.84. The van der Waals surface area contributed by atoms with Crippen molar-refractivity contribution in [3.8, 4) is 0 Å². The smallest absolute Gasteiger partial charge is 0.193 e. The molecule has 156 valence electrons. The van der Waals surface area contributed by atoms with Gasteiger partial charge in [-0.05, 0) is 26.0 Å². The molecule has 1 atom stereocenters. The fourth-order valence-electron chi connectivity index (χ4n) is 3.65. The second-order valence-electron chi connectivity index (χ2n) is 7.04. The first-order chi connectivity index (χ1) is 13.0. The Morgan fingerprint density at radius 3 is 2.57 bits per heavy atom. The molecule has 0 aromatic carbocycles. The second kappa shape index (κ2) is 10.8. The maximum atomic E-state index is 6.04. The summed E-state index contributed by atoms with van der Waals surface area (Å²) < 4.78 is 6.16. The molecule has 3 heterocycles. The Balaban J connectivity index is 0.00000280. The summed E-state index contributed by atoms with van der Waals surface area (Å²) in [4.78, 5) is 10.6. The first kappa shape index (κ1) is 23.4. The number of guanidine groups is 1. The molecule has 2 aromatic rings. The summed E-state index contributed by atoms with van der Waals surface area (Å²) in [6.07, 6.45) is 0. The highest BCUT2D eigenvalue weighted by Gasteiger charge is 2.22. The van der Waals surface area contributed by atoms with E-state index in [1.165, 1.54) is 10.4 Å². The number of aromatic nitrogens is 1. The minimum Gasteiger partial charge on any atom is -0.361 e. The average molecular weight is 538 g/mol. The largest absolute Gasteiger partial charge is 0.361 e. The normalized spacial score (nSPS) is 16.8. The van der Waals surface area contributed by atoms with E-state index in [2.05, 4.69) is 38.3 Å². The lowest BCUT2D eigenvalue weighted by Crippen LogP contribution is -2.52. The summed E-state index contributed by atoms with van der Waals surface area (Å²) in [5.41, 5.74) is 2.16. The number of aliphatic imine (C=N–C) groups is 1. The highest BCUT2D eigenvalue weighted by Crippen LogP contribution is 2.24. The molecule has 3 rings (SSSR count). The molecule has 0 saturated carbocycles. The lowest BCUT2D eigenvalue weighted by Gasteiger charge is -2.36. The zero-order valence-corrected chi connectivity index (χ0v) is 20.8. The van der Waals surface area contributed by atoms with Gasteiger partial charge in [0.15, 0.2) is 5.96 Å². The summed E-state index contributed by atoms with van der Waals surface area (Å²) in [6.45, 7) is 11.9. The van der Waals surface area contributed by atoms with E-state index in [4.69, 9.17) is 16.1 Å². The summed E-state index contributed by atoms with van der Waals surface area (Å²) >= 11 is 7.70. The predicted molar refractivity (Wildman–Crippen MR) is 127 cm³/mol. The number of rotatable bonds is 5. The molecule has 1 unspecified atom stereocenters. The van der Waals surface area contributed by atoms with Crippen molar-refractivity contribution in [3.05, 3.63) is 38.4 Å². The Morgan fingerprint density at radius 2 is 2.04 bits per heavy atom. The maximum Gasteiger partial charge on any atom is 0.193 e. The first-order valence-corrected chi connectivity index (χ1v) is 10.5. The number of hydrogen-bond donors (Lipinski definition) is 1. The molecule has 9 heteroatoms. The van der Waals surface area contributed by atoms with Crippen molar-refractivity contribution in [2.45, 2.75) is 33.2 Å². The van der Waals surface area contributed by atoms with Gasteiger partial charge in [0, 0.05) is 62.7 Å². The van der Waals surface area contributed by atoms with Crippen molar-refractivity contribution in [1.29, 1.82) is 0 Å². The lowest BCUT2D eigenvalue weighted by molar-refractivity contribution is 0.173. The number of piperazine rings is 1. The SMILES string of the molecule is CN=C(NCC(C)c1c(C)noc1C)N1CCN(Cc2ccc(Cl)s2)CC1.I. The van der Waals surface area contributed by atoms with Gasteiger partial charge < -0.3 is 14.7 Å². The molecule has 1 aliphatic rings. The van der Waals surface area contributed by atoms with Crippen LogP contribution in [0.5, 0.6) is 0 Å². The Labute approximate surface area is 193 Å². The molecular formula is C19H29ClIN5OS. The van der Waals surface area contributed by atoms with E-state index in [9.17, 15) is 0 Å². The number of nitrogens with one attached hydrogen (secondary N) is 1. The number of hydrogen-bond acceptors (Lipinski definition) is 5. The van der Waals surface area contributed by atoms with Crippen LogP contribution in [0.15, 0.2) is 21.6 Å². The van der Waals surface area contributed by atoms with Crippen molar-refractivity contribution in [1.82, 2.24) is 20.3 Å². The van der Waals surface area contributed by atoms with Crippen molar-refractivity contribution in [2.24, 2.45) is 4.99 Å². The summed E-state index contributed by atoms with van der Waals surface area (Å²) in [5.74, 6) is 2.18. The minimum atomic E-state index is 0. The van der Waals surface area contributed by atoms with Gasteiger partial charge in [-0.15, -0.1) is 35.3 Å². The van der Waals surface area contributed by atoms with Crippen LogP contribution < -0.4 is 5.32 Å². The van der Waals surface area contributed by atoms with E-state index in [0.717, 1.165) is 61.0 Å². The highest BCUT2D eigenvalue weighted by molar-refractivity contribution is 14.0. The van der Waals surface area contributed by atoms with Crippen LogP contribution in [0.3, 0.4) is 0 Å². The summed E-state index contributed by atoms with van der Waals surface area (Å²) in [7, 11) is 1.85. The molecular weight excluding hydrogens is 509 g/mol. The van der Waals surface area contributed by atoms with Crippen molar-refractivity contribution < 1.29 is 4.52 Å². The van der Waals surface area contributed by atoms with Gasteiger partial charge in [-0.3, -0.25) is 9.89 Å². The molecule has 0 aliphatic carbocycles. The van der Waals surface area contributed by atoms with E-state index < -0.39 is 0 Å². The molecule has 1 N–H and O–H groups in total. The van der Waals surface area contributed by atoms with E-state index in [1.54, 1.807) is 11.3 Å². The molecule has 0 radical (unpaired) electrons. The van der Waals surface area contributed by atoms with E-state index in [0.29, 0.717) is 5.92 Å². The molecule has 1 aliphatic heterocycles. The van der Waals surface area contributed by atoms with Crippen LogP contribution >= 0.6 is 46.9 Å². The molecule has 6 nitrogen and oxygen atoms in total. The first-order valence-electron chi connectivity index (χ1n) is 9.33. The predicted octanol–water partition coefficient (Wildman–Crippen LogP) is 4.12. The van der Waals surface area contributed by atoms with Crippen LogP contribution in [0.25, 0.3) is 0 Å². The van der Waals surface area contributed by atoms with Crippen molar-refractivity contribution in [3.63, 3.8) is 0 Å². The van der Waals surface area contributed by atoms with Gasteiger partial charge in [0.05, 0.1) is 10.0 Å². The fourth-order valence-corrected chi connectivity index (χ4v) is 4.78. The van der Waals surface area contributed by atoms with Gasteiger partial charge in [-0.2, -0.15) is 0 Å². The molecule has 2 aromatic heterocycles. The zero-order chi connectivity index (χ0) is 19.4. The van der Waals surface area contributed by atoms with Gasteiger partial charge in [0.25, 0.3) is 0 Å². The summed E-state index contributed by atoms with van der Waals surface area (Å²) in [5, 5.41) is 7.58. The number of halogens is 2. The van der Waals surface area contributed by atoms with Gasteiger partial charge in [-0.1, -0.05) is 23.7 Å². The number of aryl methyl sites for hydroxylation is 2. The zero-order valence-electron chi connectivity index (χ0n) is 16.9. The van der Waals surface area contributed by atoms with Crippen LogP contribution in [0.1, 0.15) is 34.7 Å². The lowest BCUT2D eigenvalue weighted by atomic mass is 10.00. The topological polar surface area (TPSA) is 56.9 Å². The standard InChI is InChI=1S/C19H28ClN5OS.HI/c1-13(18-14(2)23-26-15(18)3)11-22-19(21-4)25-9-7-24(8-10-25)12-16-5-6-17(20)27-16;/h5-6,13H,7-12H2,1-4H3,(H,21,22);1H. The van der Waals surface area contributed by atoms with Gasteiger partial charge in [-0.25, -0.2) is 0 Å². The van der Waals surface area contributed by atoms with Crippen LogP contribution in [0.2, 0.25) is 4.34 Å². The van der Waals surface area contributed by atoms with Gasteiger partial charge >= 0.3 is 0 Å². The third-order valence-electron chi connectivity index (χ3n) is 5.04. The van der Waals surface area contributed by atoms with Gasteiger partial charge in [0.2, 0.25) is 0 Å². The maximum absolute atomic E-state index is 6.04. The average Bonchev–Trinajstić information content (AvgIpc) is 3.21. The minimum absolute atomic E-state index is 0. The fraction of sp³-hybridized carbons (Fsp3) is 0.579. The molecule has 1 fully saturated rings. The molecule has 1 saturated heterocycles. The highest BCUT2D eigenvalue weighted by atomic mass is 127. The Hall–Kier alpha value is -0.840. The van der Waals surface area contributed by atoms with Crippen LogP contribution in [-0.4, -0.2) is 60.7 Å². The van der Waals surface area contributed by atoms with E-state index in [1.807, 2.05) is 27.0 Å². The Kier molecular flexibility index (Phi) is 9.04. The van der Waals surface area contributed by atoms with Crippen LogP contribution in [0.4, 0.5) is 0 Å². The third-order valence-corrected chi connectivity index (χ3v) is 6.26. The summed E-state index contributed by atoms with van der Waals surface area (Å²) in [6, 6.07) is 4.10. The van der Waals surface area contributed by atoms with Crippen molar-refractivity contribution >= 4 is 52.9 Å². The number of thiophene rings is 1. The monoisotopic (exact) mass is 537 g/mol. The van der Waals surface area contributed by atoms with E-state index >= 15 is 0 Å². The molecule has 28 heavy (non-hydrogen) atoms.